The van der Waals surface area contributed by atoms with Crippen LogP contribution in [0.4, 0.5) is 0 Å². The zero-order valence-corrected chi connectivity index (χ0v) is 15.4. The van der Waals surface area contributed by atoms with Gasteiger partial charge in [-0.1, -0.05) is 18.9 Å². The van der Waals surface area contributed by atoms with Gasteiger partial charge in [-0.3, -0.25) is 0 Å². The van der Waals surface area contributed by atoms with Gasteiger partial charge in [-0.25, -0.2) is 8.42 Å². The van der Waals surface area contributed by atoms with Crippen molar-refractivity contribution in [3.63, 3.8) is 0 Å². The Morgan fingerprint density at radius 2 is 2.05 bits per heavy atom. The molecule has 1 atom stereocenters. The Bertz CT molecular complexity index is 694. The Labute approximate surface area is 141 Å². The number of sulfonamides is 1. The molecule has 0 radical (unpaired) electrons. The normalized spacial score (nSPS) is 21.3. The minimum absolute atomic E-state index is 0.0154. The van der Waals surface area contributed by atoms with Crippen molar-refractivity contribution in [3.8, 4) is 0 Å². The first kappa shape index (κ1) is 15.7. The molecular weight excluding hydrogens is 390 g/mol. The molecule has 0 amide bonds. The summed E-state index contributed by atoms with van der Waals surface area (Å²) < 4.78 is 28.9. The fourth-order valence-electron chi connectivity index (χ4n) is 2.69. The molecule has 7 heteroatoms. The van der Waals surface area contributed by atoms with Crippen LogP contribution < -0.4 is 0 Å². The molecule has 0 spiro atoms. The summed E-state index contributed by atoms with van der Waals surface area (Å²) >= 11 is 6.29. The average molecular weight is 406 g/mol. The van der Waals surface area contributed by atoms with Gasteiger partial charge < -0.3 is 0 Å². The van der Waals surface area contributed by atoms with Crippen molar-refractivity contribution in [2.24, 2.45) is 0 Å². The van der Waals surface area contributed by atoms with Crippen LogP contribution in [0.1, 0.15) is 36.6 Å². The van der Waals surface area contributed by atoms with Crippen LogP contribution in [0.15, 0.2) is 37.6 Å². The third-order valence-corrected chi connectivity index (χ3v) is 8.66. The van der Waals surface area contributed by atoms with E-state index in [1.54, 1.807) is 27.8 Å². The molecule has 1 aliphatic rings. The molecule has 0 bridgehead atoms. The predicted molar refractivity (Wildman–Crippen MR) is 91.4 cm³/mol. The molecule has 0 aliphatic carbocycles. The Balaban J connectivity index is 1.99. The summed E-state index contributed by atoms with van der Waals surface area (Å²) in [6.07, 6.45) is 4.03. The highest BCUT2D eigenvalue weighted by Crippen LogP contribution is 2.38. The van der Waals surface area contributed by atoms with Gasteiger partial charge in [0.15, 0.2) is 0 Å². The zero-order valence-electron chi connectivity index (χ0n) is 11.4. The van der Waals surface area contributed by atoms with Gasteiger partial charge in [-0.2, -0.15) is 4.31 Å². The minimum atomic E-state index is -3.41. The van der Waals surface area contributed by atoms with Crippen molar-refractivity contribution in [1.29, 1.82) is 0 Å². The molecule has 0 N–H and O–H groups in total. The second-order valence-corrected chi connectivity index (χ2v) is 10.6. The fraction of sp³-hybridized carbons (Fsp3) is 0.429. The first-order valence-electron chi connectivity index (χ1n) is 6.89. The highest BCUT2D eigenvalue weighted by atomic mass is 79.9. The van der Waals surface area contributed by atoms with E-state index in [4.69, 9.17) is 0 Å². The predicted octanol–water partition coefficient (Wildman–Crippen LogP) is 4.88. The summed E-state index contributed by atoms with van der Waals surface area (Å²) in [4.78, 5) is 1.15. The maximum absolute atomic E-state index is 13.0. The van der Waals surface area contributed by atoms with Gasteiger partial charge >= 0.3 is 0 Å². The van der Waals surface area contributed by atoms with Crippen LogP contribution in [0.3, 0.4) is 0 Å². The van der Waals surface area contributed by atoms with Crippen LogP contribution in [-0.4, -0.2) is 19.3 Å². The highest BCUT2D eigenvalue weighted by molar-refractivity contribution is 9.11. The van der Waals surface area contributed by atoms with Gasteiger partial charge in [0.1, 0.15) is 4.21 Å². The molecule has 1 saturated heterocycles. The maximum atomic E-state index is 13.0. The number of thiophene rings is 2. The lowest BCUT2D eigenvalue weighted by molar-refractivity contribution is 0.334. The molecule has 1 fully saturated rings. The number of rotatable bonds is 3. The van der Waals surface area contributed by atoms with E-state index in [9.17, 15) is 8.42 Å². The van der Waals surface area contributed by atoms with E-state index >= 15 is 0 Å². The van der Waals surface area contributed by atoms with Gasteiger partial charge in [-0.05, 0) is 52.4 Å². The zero-order chi connectivity index (χ0) is 14.9. The van der Waals surface area contributed by atoms with Crippen molar-refractivity contribution in [2.45, 2.75) is 35.9 Å². The third-order valence-electron chi connectivity index (χ3n) is 3.69. The van der Waals surface area contributed by atoms with Crippen molar-refractivity contribution in [1.82, 2.24) is 4.31 Å². The molecule has 1 aliphatic heterocycles. The lowest BCUT2D eigenvalue weighted by Crippen LogP contribution is -2.34. The second-order valence-electron chi connectivity index (χ2n) is 5.05. The second kappa shape index (κ2) is 6.50. The molecule has 2 aromatic rings. The topological polar surface area (TPSA) is 37.4 Å². The van der Waals surface area contributed by atoms with E-state index in [0.29, 0.717) is 10.8 Å². The van der Waals surface area contributed by atoms with Gasteiger partial charge in [-0.15, -0.1) is 22.7 Å². The summed E-state index contributed by atoms with van der Waals surface area (Å²) in [6.45, 7) is 0.612. The number of halogens is 1. The lowest BCUT2D eigenvalue weighted by Gasteiger charge is -2.27. The van der Waals surface area contributed by atoms with E-state index < -0.39 is 10.0 Å². The molecule has 114 valence electrons. The van der Waals surface area contributed by atoms with Gasteiger partial charge in [0.05, 0.1) is 9.83 Å². The largest absolute Gasteiger partial charge is 0.253 e. The smallest absolute Gasteiger partial charge is 0.206 e. The van der Waals surface area contributed by atoms with Crippen LogP contribution in [0.2, 0.25) is 0 Å². The Morgan fingerprint density at radius 3 is 2.71 bits per heavy atom. The van der Waals surface area contributed by atoms with Gasteiger partial charge in [0, 0.05) is 11.4 Å². The summed E-state index contributed by atoms with van der Waals surface area (Å²) in [5, 5.41) is 2.02. The van der Waals surface area contributed by atoms with Gasteiger partial charge in [0.25, 0.3) is 10.0 Å². The molecule has 3 nitrogen and oxygen atoms in total. The third kappa shape index (κ3) is 3.27. The van der Waals surface area contributed by atoms with Crippen LogP contribution in [0.25, 0.3) is 0 Å². The monoisotopic (exact) mass is 405 g/mol. The maximum Gasteiger partial charge on any atom is 0.253 e. The van der Waals surface area contributed by atoms with Gasteiger partial charge in [0.2, 0.25) is 0 Å². The number of hydrogen-bond acceptors (Lipinski definition) is 4. The molecule has 2 aromatic heterocycles. The van der Waals surface area contributed by atoms with Crippen molar-refractivity contribution < 1.29 is 8.42 Å². The first-order chi connectivity index (χ1) is 10.1. The lowest BCUT2D eigenvalue weighted by atomic mass is 10.1. The average Bonchev–Trinajstić information content (AvgIpc) is 3.06. The fourth-order valence-corrected chi connectivity index (χ4v) is 7.44. The number of hydrogen-bond donors (Lipinski definition) is 0. The molecule has 0 unspecified atom stereocenters. The molecule has 0 saturated carbocycles. The van der Waals surface area contributed by atoms with Crippen molar-refractivity contribution in [2.75, 3.05) is 6.54 Å². The van der Waals surface area contributed by atoms with Crippen molar-refractivity contribution >= 4 is 48.6 Å². The van der Waals surface area contributed by atoms with E-state index in [-0.39, 0.29) is 6.04 Å². The Kier molecular flexibility index (Phi) is 4.85. The summed E-state index contributed by atoms with van der Waals surface area (Å²) in [5.74, 6) is 0. The van der Waals surface area contributed by atoms with Crippen LogP contribution in [0.5, 0.6) is 0 Å². The Morgan fingerprint density at radius 1 is 1.19 bits per heavy atom. The SMILES string of the molecule is O=S(=O)(c1ccc(Br)s1)N1CCCCC[C@@H]1c1cccs1. The van der Waals surface area contributed by atoms with Crippen molar-refractivity contribution in [3.05, 3.63) is 38.3 Å². The minimum Gasteiger partial charge on any atom is -0.206 e. The van der Waals surface area contributed by atoms with E-state index in [2.05, 4.69) is 15.9 Å². The molecule has 3 rings (SSSR count). The molecule has 21 heavy (non-hydrogen) atoms. The Hall–Kier alpha value is -0.210. The summed E-state index contributed by atoms with van der Waals surface area (Å²) in [5.41, 5.74) is 0. The van der Waals surface area contributed by atoms with E-state index in [1.165, 1.54) is 11.3 Å². The molecule has 0 aromatic carbocycles. The van der Waals surface area contributed by atoms with Crippen LogP contribution in [-0.2, 0) is 10.0 Å². The highest BCUT2D eigenvalue weighted by Gasteiger charge is 2.34. The van der Waals surface area contributed by atoms with E-state index in [0.717, 1.165) is 34.3 Å². The summed E-state index contributed by atoms with van der Waals surface area (Å²) in [6, 6.07) is 7.53. The standard InChI is InChI=1S/C14H16BrNO2S3/c15-13-7-8-14(20-13)21(17,18)16-9-3-1-2-5-11(16)12-6-4-10-19-12/h4,6-8,10-11H,1-3,5,9H2/t11-/m1/s1. The first-order valence-corrected chi connectivity index (χ1v) is 10.8. The van der Waals surface area contributed by atoms with Crippen LogP contribution in [0, 0.1) is 0 Å². The van der Waals surface area contributed by atoms with E-state index in [1.807, 2.05) is 17.5 Å². The number of nitrogens with zero attached hydrogens (tertiary/aromatic N) is 1. The quantitative estimate of drug-likeness (QED) is 0.729. The molecule has 3 heterocycles. The van der Waals surface area contributed by atoms with Crippen LogP contribution >= 0.6 is 38.6 Å². The molecular formula is C14H16BrNO2S3. The summed E-state index contributed by atoms with van der Waals surface area (Å²) in [7, 11) is -3.41.